The normalized spacial score (nSPS) is 10.1. The number of hydrogen-bond donors (Lipinski definition) is 1. The lowest BCUT2D eigenvalue weighted by molar-refractivity contribution is 0.977. The third-order valence-electron chi connectivity index (χ3n) is 2.07. The standard InChI is InChI=1S/C11H11BrN4/c12-10-7-15-11(16-8-10)14-6-3-9-1-4-13-5-2-9/h1-2,4-5,7-8H,3,6H2,(H,14,15,16). The Morgan fingerprint density at radius 1 is 1.12 bits per heavy atom. The van der Waals surface area contributed by atoms with Crippen molar-refractivity contribution in [2.45, 2.75) is 6.42 Å². The zero-order chi connectivity index (χ0) is 11.2. The van der Waals surface area contributed by atoms with Gasteiger partial charge in [-0.2, -0.15) is 0 Å². The SMILES string of the molecule is Brc1cnc(NCCc2ccncc2)nc1. The first-order chi connectivity index (χ1) is 7.84. The van der Waals surface area contributed by atoms with Crippen LogP contribution >= 0.6 is 15.9 Å². The van der Waals surface area contributed by atoms with Crippen LogP contribution in [0.2, 0.25) is 0 Å². The van der Waals surface area contributed by atoms with Gasteiger partial charge >= 0.3 is 0 Å². The number of nitrogens with one attached hydrogen (secondary N) is 1. The Labute approximate surface area is 102 Å². The minimum atomic E-state index is 0.650. The Bertz CT molecular complexity index is 429. The van der Waals surface area contributed by atoms with Gasteiger partial charge in [0.05, 0.1) is 4.47 Å². The second kappa shape index (κ2) is 5.55. The van der Waals surface area contributed by atoms with Crippen molar-refractivity contribution < 1.29 is 0 Å². The van der Waals surface area contributed by atoms with E-state index in [1.165, 1.54) is 5.56 Å². The van der Waals surface area contributed by atoms with Gasteiger partial charge in [-0.3, -0.25) is 4.98 Å². The van der Waals surface area contributed by atoms with E-state index in [1.807, 2.05) is 12.1 Å². The third kappa shape index (κ3) is 3.27. The predicted molar refractivity (Wildman–Crippen MR) is 66.2 cm³/mol. The molecule has 82 valence electrons. The summed E-state index contributed by atoms with van der Waals surface area (Å²) < 4.78 is 0.882. The molecule has 2 rings (SSSR count). The van der Waals surface area contributed by atoms with Crippen molar-refractivity contribution >= 4 is 21.9 Å². The second-order valence-corrected chi connectivity index (χ2v) is 4.17. The highest BCUT2D eigenvalue weighted by Crippen LogP contribution is 2.06. The molecule has 0 unspecified atom stereocenters. The zero-order valence-corrected chi connectivity index (χ0v) is 10.2. The van der Waals surface area contributed by atoms with Crippen molar-refractivity contribution in [1.29, 1.82) is 0 Å². The quantitative estimate of drug-likeness (QED) is 0.933. The number of anilines is 1. The molecule has 0 aliphatic carbocycles. The maximum atomic E-state index is 4.13. The van der Waals surface area contributed by atoms with Crippen molar-refractivity contribution in [1.82, 2.24) is 15.0 Å². The summed E-state index contributed by atoms with van der Waals surface area (Å²) in [5, 5.41) is 3.16. The van der Waals surface area contributed by atoms with Gasteiger partial charge in [0.15, 0.2) is 0 Å². The first-order valence-electron chi connectivity index (χ1n) is 4.95. The van der Waals surface area contributed by atoms with E-state index < -0.39 is 0 Å². The maximum Gasteiger partial charge on any atom is 0.222 e. The molecule has 4 nitrogen and oxygen atoms in total. The van der Waals surface area contributed by atoms with E-state index >= 15 is 0 Å². The van der Waals surface area contributed by atoms with Crippen molar-refractivity contribution in [2.24, 2.45) is 0 Å². The van der Waals surface area contributed by atoms with Gasteiger partial charge in [-0.25, -0.2) is 9.97 Å². The summed E-state index contributed by atoms with van der Waals surface area (Å²) in [6.45, 7) is 0.811. The maximum absolute atomic E-state index is 4.13. The Balaban J connectivity index is 1.82. The molecule has 0 spiro atoms. The lowest BCUT2D eigenvalue weighted by atomic mass is 10.2. The highest BCUT2D eigenvalue weighted by Gasteiger charge is 1.95. The molecule has 0 amide bonds. The molecule has 2 aromatic rings. The number of pyridine rings is 1. The van der Waals surface area contributed by atoms with Gasteiger partial charge in [0.2, 0.25) is 5.95 Å². The molecule has 0 radical (unpaired) electrons. The molecule has 16 heavy (non-hydrogen) atoms. The van der Waals surface area contributed by atoms with Gasteiger partial charge in [0.25, 0.3) is 0 Å². The average molecular weight is 279 g/mol. The zero-order valence-electron chi connectivity index (χ0n) is 8.60. The lowest BCUT2D eigenvalue weighted by Crippen LogP contribution is -2.07. The van der Waals surface area contributed by atoms with Gasteiger partial charge in [0.1, 0.15) is 0 Å². The molecular weight excluding hydrogens is 268 g/mol. The second-order valence-electron chi connectivity index (χ2n) is 3.26. The summed E-state index contributed by atoms with van der Waals surface area (Å²) in [6, 6.07) is 4.01. The fourth-order valence-corrected chi connectivity index (χ4v) is 1.48. The number of halogens is 1. The monoisotopic (exact) mass is 278 g/mol. The summed E-state index contributed by atoms with van der Waals surface area (Å²) in [7, 11) is 0. The van der Waals surface area contributed by atoms with E-state index in [9.17, 15) is 0 Å². The topological polar surface area (TPSA) is 50.7 Å². The van der Waals surface area contributed by atoms with Gasteiger partial charge in [-0.05, 0) is 40.0 Å². The predicted octanol–water partition coefficient (Wildman–Crippen LogP) is 2.29. The average Bonchev–Trinajstić information content (AvgIpc) is 2.33. The summed E-state index contributed by atoms with van der Waals surface area (Å²) in [5.74, 6) is 0.650. The molecule has 0 atom stereocenters. The molecule has 0 bridgehead atoms. The van der Waals surface area contributed by atoms with E-state index in [4.69, 9.17) is 0 Å². The summed E-state index contributed by atoms with van der Waals surface area (Å²) in [4.78, 5) is 12.2. The molecule has 0 saturated carbocycles. The van der Waals surface area contributed by atoms with Crippen LogP contribution in [0.25, 0.3) is 0 Å². The number of aromatic nitrogens is 3. The van der Waals surface area contributed by atoms with Crippen LogP contribution in [0.5, 0.6) is 0 Å². The van der Waals surface area contributed by atoms with Crippen LogP contribution in [0.3, 0.4) is 0 Å². The molecule has 0 saturated heterocycles. The molecule has 0 aliphatic heterocycles. The highest BCUT2D eigenvalue weighted by atomic mass is 79.9. The Morgan fingerprint density at radius 2 is 1.81 bits per heavy atom. The Kier molecular flexibility index (Phi) is 3.82. The lowest BCUT2D eigenvalue weighted by Gasteiger charge is -2.04. The van der Waals surface area contributed by atoms with Crippen molar-refractivity contribution in [3.8, 4) is 0 Å². The van der Waals surface area contributed by atoms with E-state index in [-0.39, 0.29) is 0 Å². The van der Waals surface area contributed by atoms with Crippen molar-refractivity contribution in [2.75, 3.05) is 11.9 Å². The van der Waals surface area contributed by atoms with E-state index in [0.29, 0.717) is 5.95 Å². The first-order valence-corrected chi connectivity index (χ1v) is 5.74. The van der Waals surface area contributed by atoms with E-state index in [1.54, 1.807) is 24.8 Å². The van der Waals surface area contributed by atoms with Gasteiger partial charge in [-0.15, -0.1) is 0 Å². The van der Waals surface area contributed by atoms with Crippen LogP contribution in [0.4, 0.5) is 5.95 Å². The van der Waals surface area contributed by atoms with Gasteiger partial charge < -0.3 is 5.32 Å². The van der Waals surface area contributed by atoms with Crippen molar-refractivity contribution in [3.05, 3.63) is 47.0 Å². The first kappa shape index (κ1) is 11.0. The van der Waals surface area contributed by atoms with Crippen LogP contribution < -0.4 is 5.32 Å². The number of nitrogens with zero attached hydrogens (tertiary/aromatic N) is 3. The highest BCUT2D eigenvalue weighted by molar-refractivity contribution is 9.10. The third-order valence-corrected chi connectivity index (χ3v) is 2.48. The Hall–Kier alpha value is -1.49. The van der Waals surface area contributed by atoms with Crippen LogP contribution in [-0.4, -0.2) is 21.5 Å². The summed E-state index contributed by atoms with van der Waals surface area (Å²) in [5.41, 5.74) is 1.25. The van der Waals surface area contributed by atoms with Gasteiger partial charge in [-0.1, -0.05) is 0 Å². The molecule has 2 aromatic heterocycles. The minimum absolute atomic E-state index is 0.650. The largest absolute Gasteiger partial charge is 0.354 e. The molecule has 1 N–H and O–H groups in total. The van der Waals surface area contributed by atoms with Crippen LogP contribution in [0.15, 0.2) is 41.4 Å². The van der Waals surface area contributed by atoms with Crippen LogP contribution in [0.1, 0.15) is 5.56 Å². The van der Waals surface area contributed by atoms with Gasteiger partial charge in [0, 0.05) is 31.3 Å². The summed E-state index contributed by atoms with van der Waals surface area (Å²) >= 11 is 3.29. The van der Waals surface area contributed by atoms with E-state index in [2.05, 4.69) is 36.2 Å². The fraction of sp³-hybridized carbons (Fsp3) is 0.182. The van der Waals surface area contributed by atoms with Crippen LogP contribution in [-0.2, 0) is 6.42 Å². The molecule has 2 heterocycles. The molecule has 5 heteroatoms. The molecule has 0 aromatic carbocycles. The smallest absolute Gasteiger partial charge is 0.222 e. The Morgan fingerprint density at radius 3 is 2.50 bits per heavy atom. The molecule has 0 aliphatic rings. The van der Waals surface area contributed by atoms with Crippen molar-refractivity contribution in [3.63, 3.8) is 0 Å². The van der Waals surface area contributed by atoms with Crippen LogP contribution in [0, 0.1) is 0 Å². The number of hydrogen-bond acceptors (Lipinski definition) is 4. The molecular formula is C11H11BrN4. The fourth-order valence-electron chi connectivity index (χ4n) is 1.27. The van der Waals surface area contributed by atoms with E-state index in [0.717, 1.165) is 17.4 Å². The minimum Gasteiger partial charge on any atom is -0.354 e. The molecule has 0 fully saturated rings. The summed E-state index contributed by atoms with van der Waals surface area (Å²) in [6.07, 6.45) is 7.97. The number of rotatable bonds is 4.